The fourth-order valence-corrected chi connectivity index (χ4v) is 3.03. The van der Waals surface area contributed by atoms with Crippen LogP contribution in [0.1, 0.15) is 38.2 Å². The molecule has 0 radical (unpaired) electrons. The standard InChI is InChI=1S/C19H28N2O3/c1-3-4-10-18(22)20-11-7-12-21(14-13-20)19(23)15-16-8-5-6-9-17(16)24-2/h5-6,8-9H,3-4,7,10-15H2,1-2H3. The van der Waals surface area contributed by atoms with Crippen LogP contribution in [0.15, 0.2) is 24.3 Å². The lowest BCUT2D eigenvalue weighted by Crippen LogP contribution is -2.37. The maximum absolute atomic E-state index is 12.6. The van der Waals surface area contributed by atoms with Crippen molar-refractivity contribution in [3.05, 3.63) is 29.8 Å². The van der Waals surface area contributed by atoms with Crippen LogP contribution in [0.5, 0.6) is 5.75 Å². The van der Waals surface area contributed by atoms with Gasteiger partial charge in [0.15, 0.2) is 0 Å². The molecule has 0 spiro atoms. The molecule has 1 aliphatic rings. The van der Waals surface area contributed by atoms with Crippen LogP contribution in [-0.4, -0.2) is 54.9 Å². The molecule has 1 aromatic carbocycles. The Morgan fingerprint density at radius 2 is 1.71 bits per heavy atom. The Morgan fingerprint density at radius 3 is 2.38 bits per heavy atom. The van der Waals surface area contributed by atoms with Crippen LogP contribution in [0, 0.1) is 0 Å². The predicted molar refractivity (Wildman–Crippen MR) is 94.0 cm³/mol. The highest BCUT2D eigenvalue weighted by atomic mass is 16.5. The predicted octanol–water partition coefficient (Wildman–Crippen LogP) is 2.49. The number of hydrogen-bond acceptors (Lipinski definition) is 3. The number of para-hydroxylation sites is 1. The number of nitrogens with zero attached hydrogens (tertiary/aromatic N) is 2. The monoisotopic (exact) mass is 332 g/mol. The van der Waals surface area contributed by atoms with Crippen LogP contribution in [0.2, 0.25) is 0 Å². The molecule has 0 aromatic heterocycles. The maximum Gasteiger partial charge on any atom is 0.227 e. The summed E-state index contributed by atoms with van der Waals surface area (Å²) in [6.07, 6.45) is 3.77. The molecule has 0 N–H and O–H groups in total. The van der Waals surface area contributed by atoms with E-state index >= 15 is 0 Å². The minimum atomic E-state index is 0.0994. The lowest BCUT2D eigenvalue weighted by atomic mass is 10.1. The molecule has 24 heavy (non-hydrogen) atoms. The third-order valence-electron chi connectivity index (χ3n) is 4.48. The molecular weight excluding hydrogens is 304 g/mol. The molecule has 0 unspecified atom stereocenters. The number of carbonyl (C=O) groups is 2. The summed E-state index contributed by atoms with van der Waals surface area (Å²) >= 11 is 0. The third-order valence-corrected chi connectivity index (χ3v) is 4.48. The van der Waals surface area contributed by atoms with E-state index in [9.17, 15) is 9.59 Å². The van der Waals surface area contributed by atoms with Crippen molar-refractivity contribution in [3.8, 4) is 5.75 Å². The number of carbonyl (C=O) groups excluding carboxylic acids is 2. The van der Waals surface area contributed by atoms with Crippen molar-refractivity contribution in [2.24, 2.45) is 0 Å². The number of unbranched alkanes of at least 4 members (excludes halogenated alkanes) is 1. The van der Waals surface area contributed by atoms with Gasteiger partial charge in [0, 0.05) is 38.2 Å². The van der Waals surface area contributed by atoms with Crippen molar-refractivity contribution in [2.75, 3.05) is 33.3 Å². The molecule has 1 saturated heterocycles. The first-order chi connectivity index (χ1) is 11.7. The quantitative estimate of drug-likeness (QED) is 0.804. The van der Waals surface area contributed by atoms with Crippen molar-refractivity contribution in [3.63, 3.8) is 0 Å². The highest BCUT2D eigenvalue weighted by Gasteiger charge is 2.22. The molecule has 1 heterocycles. The number of benzene rings is 1. The Labute approximate surface area is 144 Å². The van der Waals surface area contributed by atoms with Gasteiger partial charge in [0.05, 0.1) is 13.5 Å². The van der Waals surface area contributed by atoms with Gasteiger partial charge in [-0.05, 0) is 18.9 Å². The lowest BCUT2D eigenvalue weighted by Gasteiger charge is -2.22. The first-order valence-corrected chi connectivity index (χ1v) is 8.83. The molecule has 0 atom stereocenters. The zero-order valence-corrected chi connectivity index (χ0v) is 14.8. The van der Waals surface area contributed by atoms with E-state index in [1.807, 2.05) is 34.1 Å². The van der Waals surface area contributed by atoms with Gasteiger partial charge < -0.3 is 14.5 Å². The van der Waals surface area contributed by atoms with Crippen molar-refractivity contribution in [1.82, 2.24) is 9.80 Å². The summed E-state index contributed by atoms with van der Waals surface area (Å²) in [5.41, 5.74) is 0.908. The van der Waals surface area contributed by atoms with E-state index in [0.29, 0.717) is 32.5 Å². The zero-order valence-electron chi connectivity index (χ0n) is 14.8. The Hall–Kier alpha value is -2.04. The van der Waals surface area contributed by atoms with E-state index in [1.54, 1.807) is 7.11 Å². The average Bonchev–Trinajstić information content (AvgIpc) is 2.86. The molecule has 0 bridgehead atoms. The number of ether oxygens (including phenoxy) is 1. The van der Waals surface area contributed by atoms with Gasteiger partial charge in [0.1, 0.15) is 5.75 Å². The van der Waals surface area contributed by atoms with Crippen LogP contribution in [0.4, 0.5) is 0 Å². The van der Waals surface area contributed by atoms with Gasteiger partial charge in [0.2, 0.25) is 11.8 Å². The van der Waals surface area contributed by atoms with Gasteiger partial charge in [-0.2, -0.15) is 0 Å². The Bertz CT molecular complexity index is 559. The van der Waals surface area contributed by atoms with Gasteiger partial charge in [-0.3, -0.25) is 9.59 Å². The molecule has 5 heteroatoms. The Morgan fingerprint density at radius 1 is 1.04 bits per heavy atom. The van der Waals surface area contributed by atoms with Crippen LogP contribution in [-0.2, 0) is 16.0 Å². The molecule has 2 amide bonds. The van der Waals surface area contributed by atoms with Crippen molar-refractivity contribution in [2.45, 2.75) is 39.0 Å². The van der Waals surface area contributed by atoms with Gasteiger partial charge in [-0.1, -0.05) is 31.5 Å². The second kappa shape index (κ2) is 9.30. The number of hydrogen-bond donors (Lipinski definition) is 0. The van der Waals surface area contributed by atoms with Gasteiger partial charge in [-0.25, -0.2) is 0 Å². The summed E-state index contributed by atoms with van der Waals surface area (Å²) in [5.74, 6) is 1.07. The van der Waals surface area contributed by atoms with E-state index in [4.69, 9.17) is 4.74 Å². The van der Waals surface area contributed by atoms with E-state index in [0.717, 1.165) is 37.1 Å². The Kier molecular flexibility index (Phi) is 7.09. The number of methoxy groups -OCH3 is 1. The summed E-state index contributed by atoms with van der Waals surface area (Å²) in [6.45, 7) is 4.81. The minimum Gasteiger partial charge on any atom is -0.496 e. The van der Waals surface area contributed by atoms with Gasteiger partial charge in [-0.15, -0.1) is 0 Å². The van der Waals surface area contributed by atoms with Crippen LogP contribution in [0.3, 0.4) is 0 Å². The second-order valence-corrected chi connectivity index (χ2v) is 6.21. The fourth-order valence-electron chi connectivity index (χ4n) is 3.03. The largest absolute Gasteiger partial charge is 0.496 e. The molecule has 0 saturated carbocycles. The van der Waals surface area contributed by atoms with Crippen molar-refractivity contribution in [1.29, 1.82) is 0 Å². The minimum absolute atomic E-state index is 0.0994. The van der Waals surface area contributed by atoms with E-state index in [-0.39, 0.29) is 11.8 Å². The van der Waals surface area contributed by atoms with E-state index < -0.39 is 0 Å². The molecular formula is C19H28N2O3. The van der Waals surface area contributed by atoms with E-state index in [1.165, 1.54) is 0 Å². The van der Waals surface area contributed by atoms with Gasteiger partial charge >= 0.3 is 0 Å². The summed E-state index contributed by atoms with van der Waals surface area (Å²) < 4.78 is 5.32. The fraction of sp³-hybridized carbons (Fsp3) is 0.579. The first-order valence-electron chi connectivity index (χ1n) is 8.83. The molecule has 0 aliphatic carbocycles. The highest BCUT2D eigenvalue weighted by Crippen LogP contribution is 2.19. The molecule has 1 aliphatic heterocycles. The Balaban J connectivity index is 1.91. The van der Waals surface area contributed by atoms with Crippen molar-refractivity contribution >= 4 is 11.8 Å². The molecule has 132 valence electrons. The van der Waals surface area contributed by atoms with Crippen molar-refractivity contribution < 1.29 is 14.3 Å². The first kappa shape index (κ1) is 18.3. The third kappa shape index (κ3) is 4.98. The average molecular weight is 332 g/mol. The molecule has 5 nitrogen and oxygen atoms in total. The lowest BCUT2D eigenvalue weighted by molar-refractivity contribution is -0.133. The molecule has 1 aromatic rings. The second-order valence-electron chi connectivity index (χ2n) is 6.21. The SMILES string of the molecule is CCCCC(=O)N1CCCN(C(=O)Cc2ccccc2OC)CC1. The maximum atomic E-state index is 12.6. The van der Waals surface area contributed by atoms with E-state index in [2.05, 4.69) is 6.92 Å². The smallest absolute Gasteiger partial charge is 0.227 e. The van der Waals surface area contributed by atoms with Gasteiger partial charge in [0.25, 0.3) is 0 Å². The topological polar surface area (TPSA) is 49.9 Å². The molecule has 2 rings (SSSR count). The van der Waals surface area contributed by atoms with Crippen LogP contribution in [0.25, 0.3) is 0 Å². The molecule has 1 fully saturated rings. The van der Waals surface area contributed by atoms with Crippen LogP contribution >= 0.6 is 0 Å². The highest BCUT2D eigenvalue weighted by molar-refractivity contribution is 5.80. The normalized spacial score (nSPS) is 15.1. The number of amides is 2. The van der Waals surface area contributed by atoms with Crippen LogP contribution < -0.4 is 4.74 Å². The number of rotatable bonds is 6. The summed E-state index contributed by atoms with van der Waals surface area (Å²) in [7, 11) is 1.62. The summed E-state index contributed by atoms with van der Waals surface area (Å²) in [6, 6.07) is 7.62. The zero-order chi connectivity index (χ0) is 17.4. The summed E-state index contributed by atoms with van der Waals surface area (Å²) in [5, 5.41) is 0. The summed E-state index contributed by atoms with van der Waals surface area (Å²) in [4.78, 5) is 28.6.